The third kappa shape index (κ3) is 2.99. The van der Waals surface area contributed by atoms with Crippen LogP contribution in [-0.2, 0) is 4.79 Å². The van der Waals surface area contributed by atoms with E-state index in [1.54, 1.807) is 11.9 Å². The van der Waals surface area contributed by atoms with E-state index in [2.05, 4.69) is 46.3 Å². The molecule has 4 rings (SSSR count). The average Bonchev–Trinajstić information content (AvgIpc) is 3.03. The van der Waals surface area contributed by atoms with E-state index in [0.29, 0.717) is 6.54 Å². The number of imide groups is 1. The van der Waals surface area contributed by atoms with E-state index >= 15 is 0 Å². The van der Waals surface area contributed by atoms with Crippen LogP contribution >= 0.6 is 0 Å². The second-order valence-corrected chi connectivity index (χ2v) is 8.29. The van der Waals surface area contributed by atoms with Gasteiger partial charge in [-0.3, -0.25) is 19.9 Å². The predicted octanol–water partition coefficient (Wildman–Crippen LogP) is 1.64. The molecule has 3 aliphatic heterocycles. The van der Waals surface area contributed by atoms with E-state index in [-0.39, 0.29) is 36.4 Å². The fraction of sp³-hybridized carbons (Fsp3) is 0.600. The second-order valence-electron chi connectivity index (χ2n) is 8.29. The van der Waals surface area contributed by atoms with Crippen LogP contribution in [0, 0.1) is 12.8 Å². The molecule has 146 valence electrons. The van der Waals surface area contributed by atoms with Crippen molar-refractivity contribution in [3.05, 3.63) is 29.8 Å². The summed E-state index contributed by atoms with van der Waals surface area (Å²) < 4.78 is 0. The number of amides is 3. The molecule has 3 unspecified atom stereocenters. The zero-order valence-electron chi connectivity index (χ0n) is 16.6. The number of nitrogens with zero attached hydrogens (tertiary/aromatic N) is 4. The molecule has 0 aliphatic carbocycles. The van der Waals surface area contributed by atoms with Gasteiger partial charge in [-0.2, -0.15) is 0 Å². The van der Waals surface area contributed by atoms with Gasteiger partial charge in [0.15, 0.2) is 0 Å². The Morgan fingerprint density at radius 2 is 2.00 bits per heavy atom. The Bertz CT molecular complexity index is 752. The smallest absolute Gasteiger partial charge is 0.327 e. The number of urea groups is 1. The molecule has 1 N–H and O–H groups in total. The number of anilines is 1. The van der Waals surface area contributed by atoms with Crippen LogP contribution in [0.15, 0.2) is 24.3 Å². The Labute approximate surface area is 160 Å². The summed E-state index contributed by atoms with van der Waals surface area (Å²) in [5.41, 5.74) is 2.36. The number of rotatable bonds is 3. The van der Waals surface area contributed by atoms with Crippen molar-refractivity contribution in [1.82, 2.24) is 20.0 Å². The second kappa shape index (κ2) is 6.80. The number of likely N-dealkylation sites (N-methyl/N-ethyl adjacent to an activating group) is 1. The van der Waals surface area contributed by atoms with Crippen LogP contribution in [0.4, 0.5) is 10.5 Å². The monoisotopic (exact) mass is 371 g/mol. The number of hydrogen-bond acceptors (Lipinski definition) is 5. The maximum atomic E-state index is 13.2. The van der Waals surface area contributed by atoms with Gasteiger partial charge in [-0.15, -0.1) is 0 Å². The minimum atomic E-state index is -0.330. The summed E-state index contributed by atoms with van der Waals surface area (Å²) in [5, 5.41) is 3.56. The standard InChI is InChI=1S/C20H29N5O2/c1-13(2)12-25-18(26)16-17(22(4)20(25)27)21-19-23(9-6-10-24(16)19)15-8-5-7-14(3)11-15/h5,7-8,11,13,16-17,19,21H,6,9-10,12H2,1-4H3. The molecule has 3 fully saturated rings. The largest absolute Gasteiger partial charge is 0.343 e. The van der Waals surface area contributed by atoms with E-state index in [4.69, 9.17) is 0 Å². The van der Waals surface area contributed by atoms with E-state index in [1.807, 2.05) is 13.8 Å². The third-order valence-corrected chi connectivity index (χ3v) is 5.75. The van der Waals surface area contributed by atoms with Gasteiger partial charge >= 0.3 is 6.03 Å². The minimum absolute atomic E-state index is 0.0714. The number of carbonyl (C=O) groups excluding carboxylic acids is 2. The van der Waals surface area contributed by atoms with Crippen molar-refractivity contribution in [3.8, 4) is 0 Å². The summed E-state index contributed by atoms with van der Waals surface area (Å²) in [4.78, 5) is 33.7. The number of nitrogens with one attached hydrogen (secondary N) is 1. The molecule has 3 amide bonds. The predicted molar refractivity (Wildman–Crippen MR) is 104 cm³/mol. The van der Waals surface area contributed by atoms with Crippen LogP contribution in [0.25, 0.3) is 0 Å². The summed E-state index contributed by atoms with van der Waals surface area (Å²) in [6, 6.07) is 7.91. The summed E-state index contributed by atoms with van der Waals surface area (Å²) in [7, 11) is 1.79. The third-order valence-electron chi connectivity index (χ3n) is 5.75. The van der Waals surface area contributed by atoms with Crippen LogP contribution < -0.4 is 10.2 Å². The summed E-state index contributed by atoms with van der Waals surface area (Å²) in [6.07, 6.45) is 0.627. The van der Waals surface area contributed by atoms with E-state index in [1.165, 1.54) is 10.5 Å². The Morgan fingerprint density at radius 1 is 1.22 bits per heavy atom. The lowest BCUT2D eigenvalue weighted by Crippen LogP contribution is -2.66. The molecule has 3 saturated heterocycles. The van der Waals surface area contributed by atoms with Crippen molar-refractivity contribution in [2.24, 2.45) is 5.92 Å². The highest BCUT2D eigenvalue weighted by molar-refractivity contribution is 6.00. The van der Waals surface area contributed by atoms with Crippen molar-refractivity contribution < 1.29 is 9.59 Å². The van der Waals surface area contributed by atoms with Crippen LogP contribution in [0.2, 0.25) is 0 Å². The highest BCUT2D eigenvalue weighted by Crippen LogP contribution is 2.33. The molecule has 0 bridgehead atoms. The fourth-order valence-corrected chi connectivity index (χ4v) is 4.52. The highest BCUT2D eigenvalue weighted by Gasteiger charge is 2.56. The van der Waals surface area contributed by atoms with Gasteiger partial charge in [-0.1, -0.05) is 26.0 Å². The lowest BCUT2D eigenvalue weighted by atomic mass is 10.1. The van der Waals surface area contributed by atoms with Gasteiger partial charge in [0.2, 0.25) is 0 Å². The van der Waals surface area contributed by atoms with Gasteiger partial charge in [0.05, 0.1) is 0 Å². The first kappa shape index (κ1) is 18.3. The van der Waals surface area contributed by atoms with Crippen molar-refractivity contribution in [2.75, 3.05) is 31.6 Å². The Kier molecular flexibility index (Phi) is 4.60. The Hall–Kier alpha value is -2.12. The SMILES string of the molecule is Cc1cccc(N2CCCN3C4C(=O)N(CC(C)C)C(=O)N(C)C4NC23)c1. The number of hydrogen-bond donors (Lipinski definition) is 1. The van der Waals surface area contributed by atoms with Crippen molar-refractivity contribution in [1.29, 1.82) is 0 Å². The lowest BCUT2D eigenvalue weighted by Gasteiger charge is -2.44. The van der Waals surface area contributed by atoms with Crippen molar-refractivity contribution >= 4 is 17.6 Å². The summed E-state index contributed by atoms with van der Waals surface area (Å²) in [6.45, 7) is 8.40. The molecule has 0 spiro atoms. The molecule has 3 heterocycles. The minimum Gasteiger partial charge on any atom is -0.343 e. The maximum absolute atomic E-state index is 13.2. The van der Waals surface area contributed by atoms with Gasteiger partial charge < -0.3 is 9.80 Å². The zero-order valence-corrected chi connectivity index (χ0v) is 16.6. The first-order valence-electron chi connectivity index (χ1n) is 9.82. The lowest BCUT2D eigenvalue weighted by molar-refractivity contribution is -0.139. The normalized spacial score (nSPS) is 28.8. The number of carbonyl (C=O) groups is 2. The quantitative estimate of drug-likeness (QED) is 0.875. The molecular weight excluding hydrogens is 342 g/mol. The molecular formula is C20H29N5O2. The van der Waals surface area contributed by atoms with Gasteiger partial charge in [0.1, 0.15) is 18.5 Å². The molecule has 3 aliphatic rings. The van der Waals surface area contributed by atoms with Crippen LogP contribution in [0.1, 0.15) is 25.8 Å². The molecule has 7 nitrogen and oxygen atoms in total. The molecule has 1 aromatic carbocycles. The molecule has 0 aromatic heterocycles. The summed E-state index contributed by atoms with van der Waals surface area (Å²) in [5.74, 6) is 0.177. The fourth-order valence-electron chi connectivity index (χ4n) is 4.52. The molecule has 3 atom stereocenters. The molecule has 7 heteroatoms. The number of benzene rings is 1. The van der Waals surface area contributed by atoms with Crippen molar-refractivity contribution in [2.45, 2.75) is 45.7 Å². The van der Waals surface area contributed by atoms with E-state index < -0.39 is 0 Å². The maximum Gasteiger partial charge on any atom is 0.327 e. The van der Waals surface area contributed by atoms with E-state index in [0.717, 1.165) is 25.2 Å². The number of fused-ring (bicyclic) bond motifs is 3. The summed E-state index contributed by atoms with van der Waals surface area (Å²) >= 11 is 0. The van der Waals surface area contributed by atoms with Crippen LogP contribution in [0.5, 0.6) is 0 Å². The first-order chi connectivity index (χ1) is 12.9. The molecule has 0 saturated carbocycles. The van der Waals surface area contributed by atoms with Gasteiger partial charge in [-0.25, -0.2) is 4.79 Å². The topological polar surface area (TPSA) is 59.1 Å². The van der Waals surface area contributed by atoms with Gasteiger partial charge in [-0.05, 0) is 37.0 Å². The average molecular weight is 371 g/mol. The number of aryl methyl sites for hydroxylation is 1. The van der Waals surface area contributed by atoms with Crippen molar-refractivity contribution in [3.63, 3.8) is 0 Å². The van der Waals surface area contributed by atoms with E-state index in [9.17, 15) is 9.59 Å². The highest BCUT2D eigenvalue weighted by atomic mass is 16.2. The van der Waals surface area contributed by atoms with Gasteiger partial charge in [0.25, 0.3) is 5.91 Å². The first-order valence-corrected chi connectivity index (χ1v) is 9.82. The van der Waals surface area contributed by atoms with Crippen LogP contribution in [-0.4, -0.2) is 71.8 Å². The molecule has 0 radical (unpaired) electrons. The molecule has 27 heavy (non-hydrogen) atoms. The Balaban J connectivity index is 1.65. The van der Waals surface area contributed by atoms with Gasteiger partial charge in [0, 0.05) is 32.4 Å². The molecule has 1 aromatic rings. The zero-order chi connectivity index (χ0) is 19.3. The Morgan fingerprint density at radius 3 is 2.70 bits per heavy atom. The van der Waals surface area contributed by atoms with Crippen LogP contribution in [0.3, 0.4) is 0 Å².